The number of benzene rings is 2. The highest BCUT2D eigenvalue weighted by molar-refractivity contribution is 6.30. The van der Waals surface area contributed by atoms with Gasteiger partial charge < -0.3 is 15.2 Å². The molecule has 2 N–H and O–H groups in total. The Bertz CT molecular complexity index is 1250. The zero-order valence-corrected chi connectivity index (χ0v) is 21.2. The van der Waals surface area contributed by atoms with Crippen molar-refractivity contribution in [1.82, 2.24) is 9.88 Å². The molecule has 0 spiro atoms. The molecule has 1 atom stereocenters. The minimum atomic E-state index is -1.71. The SMILES string of the molecule is CCCCCCC(NC(C)=O)(C(=O)O)c1c(C)n(C(=O)c2ccc(Cl)cc2)c2ccc(OC)cc12. The maximum atomic E-state index is 13.6. The number of carbonyl (C=O) groups is 3. The first-order valence-electron chi connectivity index (χ1n) is 11.7. The first-order chi connectivity index (χ1) is 16.7. The molecule has 1 aromatic heterocycles. The molecule has 0 aliphatic carbocycles. The van der Waals surface area contributed by atoms with E-state index in [1.54, 1.807) is 49.4 Å². The Hall–Kier alpha value is -3.32. The molecule has 1 amide bonds. The number of halogens is 1. The number of nitrogens with zero attached hydrogens (tertiary/aromatic N) is 1. The number of hydrogen-bond acceptors (Lipinski definition) is 4. The highest BCUT2D eigenvalue weighted by Crippen LogP contribution is 2.40. The van der Waals surface area contributed by atoms with Crippen molar-refractivity contribution in [2.75, 3.05) is 7.11 Å². The van der Waals surface area contributed by atoms with Crippen molar-refractivity contribution in [3.8, 4) is 5.75 Å². The minimum Gasteiger partial charge on any atom is -0.497 e. The summed E-state index contributed by atoms with van der Waals surface area (Å²) >= 11 is 6.00. The Morgan fingerprint density at radius 3 is 2.34 bits per heavy atom. The van der Waals surface area contributed by atoms with Gasteiger partial charge in [-0.25, -0.2) is 4.79 Å². The van der Waals surface area contributed by atoms with E-state index < -0.39 is 17.4 Å². The second-order valence-corrected chi connectivity index (χ2v) is 9.13. The molecule has 186 valence electrons. The van der Waals surface area contributed by atoms with Gasteiger partial charge in [-0.1, -0.05) is 44.2 Å². The number of ether oxygens (including phenoxy) is 1. The molecule has 3 rings (SSSR count). The zero-order chi connectivity index (χ0) is 25.8. The molecule has 0 radical (unpaired) electrons. The fraction of sp³-hybridized carbons (Fsp3) is 0.370. The van der Waals surface area contributed by atoms with Crippen LogP contribution >= 0.6 is 11.6 Å². The Labute approximate surface area is 210 Å². The van der Waals surface area contributed by atoms with Gasteiger partial charge in [-0.3, -0.25) is 14.2 Å². The molecule has 1 heterocycles. The molecule has 0 aliphatic heterocycles. The molecular weight excluding hydrogens is 468 g/mol. The number of aromatic nitrogens is 1. The summed E-state index contributed by atoms with van der Waals surface area (Å²) in [7, 11) is 1.52. The number of methoxy groups -OCH3 is 1. The number of nitrogens with one attached hydrogen (secondary N) is 1. The second-order valence-electron chi connectivity index (χ2n) is 8.69. The van der Waals surface area contributed by atoms with Gasteiger partial charge >= 0.3 is 5.97 Å². The number of aliphatic carboxylic acids is 1. The Morgan fingerprint density at radius 2 is 1.77 bits per heavy atom. The van der Waals surface area contributed by atoms with Crippen LogP contribution in [0.4, 0.5) is 0 Å². The first-order valence-corrected chi connectivity index (χ1v) is 12.1. The molecule has 8 heteroatoms. The highest BCUT2D eigenvalue weighted by atomic mass is 35.5. The largest absolute Gasteiger partial charge is 0.497 e. The minimum absolute atomic E-state index is 0.189. The third-order valence-electron chi connectivity index (χ3n) is 6.29. The standard InChI is InChI=1S/C27H31ClN2O5/c1-5-6-7-8-15-27(26(33)34,29-18(3)31)24-17(2)30(23-14-13-21(35-4)16-22(23)24)25(32)19-9-11-20(28)12-10-19/h9-14,16H,5-8,15H2,1-4H3,(H,29,31)(H,33,34). The molecule has 0 saturated carbocycles. The van der Waals surface area contributed by atoms with Crippen molar-refractivity contribution in [2.45, 2.75) is 58.4 Å². The van der Waals surface area contributed by atoms with E-state index in [1.165, 1.54) is 18.6 Å². The Morgan fingerprint density at radius 1 is 1.09 bits per heavy atom. The van der Waals surface area contributed by atoms with E-state index in [0.717, 1.165) is 19.3 Å². The Balaban J connectivity index is 2.32. The van der Waals surface area contributed by atoms with Crippen molar-refractivity contribution < 1.29 is 24.2 Å². The lowest BCUT2D eigenvalue weighted by Crippen LogP contribution is -2.51. The molecule has 0 saturated heterocycles. The van der Waals surface area contributed by atoms with Crippen LogP contribution in [0, 0.1) is 6.92 Å². The van der Waals surface area contributed by atoms with Gasteiger partial charge in [0.05, 0.1) is 12.6 Å². The quantitative estimate of drug-likeness (QED) is 0.350. The number of carbonyl (C=O) groups excluding carboxylic acids is 2. The maximum absolute atomic E-state index is 13.6. The van der Waals surface area contributed by atoms with E-state index in [9.17, 15) is 19.5 Å². The fourth-order valence-electron chi connectivity index (χ4n) is 4.68. The van der Waals surface area contributed by atoms with Crippen LogP contribution in [-0.2, 0) is 15.1 Å². The normalized spacial score (nSPS) is 12.8. The van der Waals surface area contributed by atoms with Gasteiger partial charge in [0.2, 0.25) is 5.91 Å². The van der Waals surface area contributed by atoms with Gasteiger partial charge in [0.15, 0.2) is 5.54 Å². The number of fused-ring (bicyclic) bond motifs is 1. The summed E-state index contributed by atoms with van der Waals surface area (Å²) in [5.41, 5.74) is 0.0514. The summed E-state index contributed by atoms with van der Waals surface area (Å²) < 4.78 is 6.91. The summed E-state index contributed by atoms with van der Waals surface area (Å²) in [5.74, 6) is -1.44. The summed E-state index contributed by atoms with van der Waals surface area (Å²) in [6, 6.07) is 11.7. The van der Waals surface area contributed by atoms with E-state index in [4.69, 9.17) is 16.3 Å². The highest BCUT2D eigenvalue weighted by Gasteiger charge is 2.45. The molecule has 2 aromatic carbocycles. The van der Waals surface area contributed by atoms with E-state index in [2.05, 4.69) is 12.2 Å². The lowest BCUT2D eigenvalue weighted by atomic mass is 9.82. The predicted octanol–water partition coefficient (Wildman–Crippen LogP) is 5.69. The molecular formula is C27H31ClN2O5. The molecule has 1 unspecified atom stereocenters. The van der Waals surface area contributed by atoms with E-state index in [-0.39, 0.29) is 12.3 Å². The van der Waals surface area contributed by atoms with Crippen LogP contribution < -0.4 is 10.1 Å². The number of carboxylic acid groups (broad SMARTS) is 1. The lowest BCUT2D eigenvalue weighted by Gasteiger charge is -2.31. The smallest absolute Gasteiger partial charge is 0.334 e. The monoisotopic (exact) mass is 498 g/mol. The van der Waals surface area contributed by atoms with Gasteiger partial charge in [0.25, 0.3) is 5.91 Å². The summed E-state index contributed by atoms with van der Waals surface area (Å²) in [6.45, 7) is 5.09. The maximum Gasteiger partial charge on any atom is 0.334 e. The van der Waals surface area contributed by atoms with E-state index >= 15 is 0 Å². The molecule has 7 nitrogen and oxygen atoms in total. The molecule has 35 heavy (non-hydrogen) atoms. The second kappa shape index (κ2) is 11.0. The van der Waals surface area contributed by atoms with Crippen LogP contribution in [0.2, 0.25) is 5.02 Å². The topological polar surface area (TPSA) is 97.6 Å². The predicted molar refractivity (Wildman–Crippen MR) is 136 cm³/mol. The molecule has 0 aliphatic rings. The lowest BCUT2D eigenvalue weighted by molar-refractivity contribution is -0.148. The number of carboxylic acids is 1. The van der Waals surface area contributed by atoms with Crippen molar-refractivity contribution in [1.29, 1.82) is 0 Å². The molecule has 0 bridgehead atoms. The number of rotatable bonds is 10. The first kappa shape index (κ1) is 26.3. The summed E-state index contributed by atoms with van der Waals surface area (Å²) in [6.07, 6.45) is 3.57. The third-order valence-corrected chi connectivity index (χ3v) is 6.54. The molecule has 0 fully saturated rings. The number of amides is 1. The van der Waals surface area contributed by atoms with Crippen LogP contribution in [0.15, 0.2) is 42.5 Å². The van der Waals surface area contributed by atoms with E-state index in [0.29, 0.717) is 44.9 Å². The van der Waals surface area contributed by atoms with Crippen LogP contribution in [0.3, 0.4) is 0 Å². The molecule has 3 aromatic rings. The Kier molecular flexibility index (Phi) is 8.22. The fourth-order valence-corrected chi connectivity index (χ4v) is 4.81. The summed E-state index contributed by atoms with van der Waals surface area (Å²) in [5, 5.41) is 14.3. The zero-order valence-electron chi connectivity index (χ0n) is 20.5. The van der Waals surface area contributed by atoms with Crippen LogP contribution in [-0.4, -0.2) is 34.6 Å². The van der Waals surface area contributed by atoms with Crippen LogP contribution in [0.5, 0.6) is 5.75 Å². The van der Waals surface area contributed by atoms with Crippen molar-refractivity contribution in [3.05, 3.63) is 64.3 Å². The van der Waals surface area contributed by atoms with E-state index in [1.807, 2.05) is 0 Å². The van der Waals surface area contributed by atoms with Crippen molar-refractivity contribution >= 4 is 40.3 Å². The van der Waals surface area contributed by atoms with Crippen LogP contribution in [0.25, 0.3) is 10.9 Å². The number of hydrogen-bond donors (Lipinski definition) is 2. The average Bonchev–Trinajstić information content (AvgIpc) is 3.11. The summed E-state index contributed by atoms with van der Waals surface area (Å²) in [4.78, 5) is 38.8. The number of unbranched alkanes of at least 4 members (excludes halogenated alkanes) is 3. The van der Waals surface area contributed by atoms with Gasteiger partial charge in [-0.15, -0.1) is 0 Å². The third kappa shape index (κ3) is 5.20. The van der Waals surface area contributed by atoms with Gasteiger partial charge in [-0.05, 0) is 55.8 Å². The van der Waals surface area contributed by atoms with Gasteiger partial charge in [0, 0.05) is 34.2 Å². The van der Waals surface area contributed by atoms with Crippen LogP contribution in [0.1, 0.15) is 67.6 Å². The van der Waals surface area contributed by atoms with Gasteiger partial charge in [-0.2, -0.15) is 0 Å². The van der Waals surface area contributed by atoms with Gasteiger partial charge in [0.1, 0.15) is 5.75 Å². The average molecular weight is 499 g/mol. The van der Waals surface area contributed by atoms with Crippen molar-refractivity contribution in [2.24, 2.45) is 0 Å². The van der Waals surface area contributed by atoms with Crippen molar-refractivity contribution in [3.63, 3.8) is 0 Å².